The van der Waals surface area contributed by atoms with Gasteiger partial charge in [0.2, 0.25) is 0 Å². The van der Waals surface area contributed by atoms with Crippen LogP contribution in [0.2, 0.25) is 0 Å². The number of hydrogen-bond donors (Lipinski definition) is 0. The van der Waals surface area contributed by atoms with Gasteiger partial charge in [-0.1, -0.05) is 18.2 Å². The predicted octanol–water partition coefficient (Wildman–Crippen LogP) is 5.98. The standard InChI is InChI=1S/C20H15NO2/c1-12-7-9-16-15(10-12)21-14-8-6-13(2)11-19(14)23-18-5-3-4-17(22-16)20(18)21/h3-11H,1-2H3. The Labute approximate surface area is 134 Å². The highest BCUT2D eigenvalue weighted by molar-refractivity contribution is 5.93. The minimum absolute atomic E-state index is 0.824. The first kappa shape index (κ1) is 12.6. The zero-order valence-electron chi connectivity index (χ0n) is 13.0. The molecule has 23 heavy (non-hydrogen) atoms. The lowest BCUT2D eigenvalue weighted by molar-refractivity contribution is 0.445. The average molecular weight is 301 g/mol. The molecule has 5 rings (SSSR count). The van der Waals surface area contributed by atoms with E-state index in [-0.39, 0.29) is 0 Å². The maximum atomic E-state index is 6.13. The van der Waals surface area contributed by atoms with Crippen molar-refractivity contribution in [1.82, 2.24) is 0 Å². The summed E-state index contributed by atoms with van der Waals surface area (Å²) in [5.41, 5.74) is 5.46. The molecule has 0 unspecified atom stereocenters. The number of hydrogen-bond acceptors (Lipinski definition) is 3. The van der Waals surface area contributed by atoms with Crippen molar-refractivity contribution < 1.29 is 9.47 Å². The largest absolute Gasteiger partial charge is 0.453 e. The number of ether oxygens (including phenoxy) is 2. The summed E-state index contributed by atoms with van der Waals surface area (Å²) in [4.78, 5) is 2.24. The van der Waals surface area contributed by atoms with Crippen LogP contribution in [0.25, 0.3) is 0 Å². The quantitative estimate of drug-likeness (QED) is 0.351. The van der Waals surface area contributed by atoms with Crippen LogP contribution in [0.5, 0.6) is 23.0 Å². The first-order valence-corrected chi connectivity index (χ1v) is 7.71. The van der Waals surface area contributed by atoms with Gasteiger partial charge in [-0.05, 0) is 61.4 Å². The summed E-state index contributed by atoms with van der Waals surface area (Å²) in [6.07, 6.45) is 0. The number of aryl methyl sites for hydroxylation is 2. The molecular formula is C20H15NO2. The Morgan fingerprint density at radius 3 is 2.17 bits per heavy atom. The van der Waals surface area contributed by atoms with E-state index in [1.807, 2.05) is 24.3 Å². The Bertz CT molecular complexity index is 962. The van der Waals surface area contributed by atoms with Gasteiger partial charge in [-0.2, -0.15) is 0 Å². The molecule has 3 heteroatoms. The van der Waals surface area contributed by atoms with Gasteiger partial charge < -0.3 is 9.47 Å². The Kier molecular flexibility index (Phi) is 2.35. The molecule has 0 saturated carbocycles. The average Bonchev–Trinajstić information content (AvgIpc) is 2.54. The summed E-state index contributed by atoms with van der Waals surface area (Å²) in [6.45, 7) is 4.17. The second-order valence-electron chi connectivity index (χ2n) is 6.08. The van der Waals surface area contributed by atoms with Crippen molar-refractivity contribution in [2.24, 2.45) is 0 Å². The molecule has 0 N–H and O–H groups in total. The van der Waals surface area contributed by atoms with E-state index in [1.165, 1.54) is 11.1 Å². The fourth-order valence-corrected chi connectivity index (χ4v) is 3.27. The number of nitrogens with zero attached hydrogens (tertiary/aromatic N) is 1. The molecule has 2 aliphatic rings. The van der Waals surface area contributed by atoms with Crippen molar-refractivity contribution in [2.45, 2.75) is 13.8 Å². The van der Waals surface area contributed by atoms with Crippen molar-refractivity contribution >= 4 is 17.1 Å². The molecule has 0 atom stereocenters. The topological polar surface area (TPSA) is 21.7 Å². The summed E-state index contributed by atoms with van der Waals surface area (Å²) < 4.78 is 12.2. The smallest absolute Gasteiger partial charge is 0.155 e. The molecule has 0 bridgehead atoms. The van der Waals surface area contributed by atoms with Gasteiger partial charge in [0, 0.05) is 0 Å². The molecule has 0 amide bonds. The van der Waals surface area contributed by atoms with Gasteiger partial charge in [0.1, 0.15) is 5.69 Å². The highest BCUT2D eigenvalue weighted by Gasteiger charge is 2.34. The van der Waals surface area contributed by atoms with E-state index in [9.17, 15) is 0 Å². The number of anilines is 3. The second kappa shape index (κ2) is 4.29. The molecule has 3 aromatic carbocycles. The van der Waals surface area contributed by atoms with E-state index in [0.717, 1.165) is 40.1 Å². The second-order valence-corrected chi connectivity index (χ2v) is 6.08. The SMILES string of the molecule is Cc1ccc2c(c1)Oc1cccc3c1N2c1cc(C)ccc1O3. The molecule has 0 saturated heterocycles. The van der Waals surface area contributed by atoms with E-state index < -0.39 is 0 Å². The molecular weight excluding hydrogens is 286 g/mol. The van der Waals surface area contributed by atoms with Gasteiger partial charge in [-0.25, -0.2) is 0 Å². The lowest BCUT2D eigenvalue weighted by Gasteiger charge is -2.38. The molecule has 0 fully saturated rings. The van der Waals surface area contributed by atoms with Gasteiger partial charge >= 0.3 is 0 Å². The van der Waals surface area contributed by atoms with Crippen LogP contribution in [0.15, 0.2) is 54.6 Å². The van der Waals surface area contributed by atoms with Crippen molar-refractivity contribution in [3.05, 3.63) is 65.7 Å². The van der Waals surface area contributed by atoms with Crippen LogP contribution >= 0.6 is 0 Å². The maximum Gasteiger partial charge on any atom is 0.155 e. The van der Waals surface area contributed by atoms with Gasteiger partial charge in [0.05, 0.1) is 11.4 Å². The van der Waals surface area contributed by atoms with Crippen LogP contribution in [-0.2, 0) is 0 Å². The first-order chi connectivity index (χ1) is 11.2. The molecule has 0 spiro atoms. The number of para-hydroxylation sites is 1. The third kappa shape index (κ3) is 1.70. The van der Waals surface area contributed by atoms with Crippen LogP contribution in [-0.4, -0.2) is 0 Å². The van der Waals surface area contributed by atoms with Crippen molar-refractivity contribution in [3.8, 4) is 23.0 Å². The van der Waals surface area contributed by atoms with Crippen LogP contribution in [0.3, 0.4) is 0 Å². The summed E-state index contributed by atoms with van der Waals surface area (Å²) in [5, 5.41) is 0. The van der Waals surface area contributed by atoms with Gasteiger partial charge in [0.25, 0.3) is 0 Å². The summed E-state index contributed by atoms with van der Waals surface area (Å²) >= 11 is 0. The normalized spacial score (nSPS) is 13.4. The van der Waals surface area contributed by atoms with Crippen molar-refractivity contribution in [2.75, 3.05) is 4.90 Å². The van der Waals surface area contributed by atoms with Gasteiger partial charge in [0.15, 0.2) is 23.0 Å². The highest BCUT2D eigenvalue weighted by Crippen LogP contribution is 2.59. The maximum absolute atomic E-state index is 6.13. The van der Waals surface area contributed by atoms with Gasteiger partial charge in [-0.15, -0.1) is 0 Å². The van der Waals surface area contributed by atoms with Gasteiger partial charge in [-0.3, -0.25) is 4.90 Å². The summed E-state index contributed by atoms with van der Waals surface area (Å²) in [6, 6.07) is 18.5. The monoisotopic (exact) mass is 301 g/mol. The van der Waals surface area contributed by atoms with E-state index >= 15 is 0 Å². The third-order valence-electron chi connectivity index (χ3n) is 4.34. The summed E-state index contributed by atoms with van der Waals surface area (Å²) in [5.74, 6) is 3.40. The lowest BCUT2D eigenvalue weighted by atomic mass is 10.1. The molecule has 0 aliphatic carbocycles. The zero-order valence-corrected chi connectivity index (χ0v) is 13.0. The molecule has 112 valence electrons. The number of benzene rings is 3. The fraction of sp³-hybridized carbons (Fsp3) is 0.100. The van der Waals surface area contributed by atoms with Crippen LogP contribution in [0.4, 0.5) is 17.1 Å². The Morgan fingerprint density at radius 1 is 0.652 bits per heavy atom. The zero-order chi connectivity index (χ0) is 15.6. The van der Waals surface area contributed by atoms with E-state index in [2.05, 4.69) is 49.1 Å². The van der Waals surface area contributed by atoms with Crippen LogP contribution < -0.4 is 14.4 Å². The first-order valence-electron chi connectivity index (χ1n) is 7.71. The fourth-order valence-electron chi connectivity index (χ4n) is 3.27. The molecule has 3 aromatic rings. The van der Waals surface area contributed by atoms with Crippen molar-refractivity contribution in [1.29, 1.82) is 0 Å². The molecule has 0 radical (unpaired) electrons. The Balaban J connectivity index is 1.85. The highest BCUT2D eigenvalue weighted by atomic mass is 16.5. The van der Waals surface area contributed by atoms with Crippen LogP contribution in [0, 0.1) is 13.8 Å². The molecule has 0 aromatic heterocycles. The number of fused-ring (bicyclic) bond motifs is 4. The van der Waals surface area contributed by atoms with E-state index in [4.69, 9.17) is 9.47 Å². The predicted molar refractivity (Wildman–Crippen MR) is 90.7 cm³/mol. The van der Waals surface area contributed by atoms with Crippen LogP contribution in [0.1, 0.15) is 11.1 Å². The molecule has 2 aliphatic heterocycles. The van der Waals surface area contributed by atoms with Crippen molar-refractivity contribution in [3.63, 3.8) is 0 Å². The molecule has 3 nitrogen and oxygen atoms in total. The lowest BCUT2D eigenvalue weighted by Crippen LogP contribution is -2.20. The molecule has 2 heterocycles. The van der Waals surface area contributed by atoms with E-state index in [0.29, 0.717) is 0 Å². The summed E-state index contributed by atoms with van der Waals surface area (Å²) in [7, 11) is 0. The Hall–Kier alpha value is -2.94. The number of rotatable bonds is 0. The Morgan fingerprint density at radius 2 is 1.35 bits per heavy atom. The van der Waals surface area contributed by atoms with E-state index in [1.54, 1.807) is 0 Å². The third-order valence-corrected chi connectivity index (χ3v) is 4.34. The minimum Gasteiger partial charge on any atom is -0.453 e. The minimum atomic E-state index is 0.824.